The van der Waals surface area contributed by atoms with E-state index in [9.17, 15) is 5.11 Å². The Labute approximate surface area is 84.7 Å². The second-order valence-corrected chi connectivity index (χ2v) is 4.03. The molecule has 0 amide bonds. The van der Waals surface area contributed by atoms with E-state index in [0.29, 0.717) is 0 Å². The summed E-state index contributed by atoms with van der Waals surface area (Å²) in [6, 6.07) is 5.98. The molecule has 1 atom stereocenters. The third-order valence-electron chi connectivity index (χ3n) is 2.13. The Bertz CT molecular complexity index is 433. The summed E-state index contributed by atoms with van der Waals surface area (Å²) in [7, 11) is 0. The lowest BCUT2D eigenvalue weighted by molar-refractivity contribution is 0.201. The predicted molar refractivity (Wildman–Crippen MR) is 56.6 cm³/mol. The number of aromatic amines is 1. The smallest absolute Gasteiger partial charge is 0.0782 e. The van der Waals surface area contributed by atoms with Gasteiger partial charge in [0.2, 0.25) is 0 Å². The predicted octanol–water partition coefficient (Wildman–Crippen LogP) is 2.98. The number of benzene rings is 1. The molecule has 68 valence electrons. The molecule has 1 heterocycles. The lowest BCUT2D eigenvalue weighted by atomic mass is 10.1. The molecule has 0 bridgehead atoms. The lowest BCUT2D eigenvalue weighted by Gasteiger charge is -2.01. The van der Waals surface area contributed by atoms with Gasteiger partial charge in [0.15, 0.2) is 0 Å². The minimum atomic E-state index is -0.428. The molecule has 2 nitrogen and oxygen atoms in total. The number of aliphatic hydroxyl groups excluding tert-OH is 1. The minimum absolute atomic E-state index is 0.428. The molecule has 0 aliphatic carbocycles. The van der Waals surface area contributed by atoms with Crippen molar-refractivity contribution in [3.63, 3.8) is 0 Å². The molecule has 0 aliphatic heterocycles. The van der Waals surface area contributed by atoms with E-state index in [1.54, 1.807) is 6.92 Å². The van der Waals surface area contributed by atoms with Gasteiger partial charge in [-0.15, -0.1) is 0 Å². The maximum Gasteiger partial charge on any atom is 0.0782 e. The van der Waals surface area contributed by atoms with Crippen molar-refractivity contribution >= 4 is 26.8 Å². The Morgan fingerprint density at radius 1 is 1.46 bits per heavy atom. The maximum absolute atomic E-state index is 9.47. The van der Waals surface area contributed by atoms with Crippen molar-refractivity contribution in [2.24, 2.45) is 0 Å². The van der Waals surface area contributed by atoms with Crippen LogP contribution < -0.4 is 0 Å². The van der Waals surface area contributed by atoms with Gasteiger partial charge >= 0.3 is 0 Å². The average molecular weight is 240 g/mol. The summed E-state index contributed by atoms with van der Waals surface area (Å²) in [5.41, 5.74) is 2.00. The van der Waals surface area contributed by atoms with Crippen LogP contribution in [0, 0.1) is 0 Å². The van der Waals surface area contributed by atoms with E-state index in [2.05, 4.69) is 20.9 Å². The molecule has 0 saturated heterocycles. The first-order valence-electron chi connectivity index (χ1n) is 4.13. The van der Waals surface area contributed by atoms with E-state index in [1.807, 2.05) is 24.4 Å². The SMILES string of the molecule is C[C@H](O)c1c[nH]c2ccc(Br)cc12. The summed E-state index contributed by atoms with van der Waals surface area (Å²) in [5.74, 6) is 0. The number of hydrogen-bond donors (Lipinski definition) is 2. The van der Waals surface area contributed by atoms with Gasteiger partial charge in [0, 0.05) is 27.1 Å². The normalized spacial score (nSPS) is 13.5. The number of halogens is 1. The van der Waals surface area contributed by atoms with Crippen molar-refractivity contribution in [2.45, 2.75) is 13.0 Å². The summed E-state index contributed by atoms with van der Waals surface area (Å²) in [4.78, 5) is 3.12. The summed E-state index contributed by atoms with van der Waals surface area (Å²) in [5, 5.41) is 10.5. The number of aliphatic hydroxyl groups is 1. The van der Waals surface area contributed by atoms with E-state index in [1.165, 1.54) is 0 Å². The quantitative estimate of drug-likeness (QED) is 0.789. The standard InChI is InChI=1S/C10H10BrNO/c1-6(13)9-5-12-10-3-2-7(11)4-8(9)10/h2-6,12-13H,1H3/t6-/m0/s1. The van der Waals surface area contributed by atoms with Gasteiger partial charge in [-0.3, -0.25) is 0 Å². The molecular formula is C10H10BrNO. The highest BCUT2D eigenvalue weighted by molar-refractivity contribution is 9.10. The van der Waals surface area contributed by atoms with Gasteiger partial charge in [0.25, 0.3) is 0 Å². The number of hydrogen-bond acceptors (Lipinski definition) is 1. The van der Waals surface area contributed by atoms with Crippen LogP contribution in [0.4, 0.5) is 0 Å². The van der Waals surface area contributed by atoms with Crippen molar-refractivity contribution in [1.82, 2.24) is 4.98 Å². The molecule has 1 aromatic carbocycles. The van der Waals surface area contributed by atoms with E-state index in [-0.39, 0.29) is 0 Å². The van der Waals surface area contributed by atoms with Crippen LogP contribution >= 0.6 is 15.9 Å². The first-order valence-corrected chi connectivity index (χ1v) is 4.92. The Hall–Kier alpha value is -0.800. The monoisotopic (exact) mass is 239 g/mol. The van der Waals surface area contributed by atoms with Gasteiger partial charge in [-0.1, -0.05) is 15.9 Å². The highest BCUT2D eigenvalue weighted by Crippen LogP contribution is 2.26. The number of aromatic nitrogens is 1. The second kappa shape index (κ2) is 3.16. The van der Waals surface area contributed by atoms with Crippen LogP contribution in [0.5, 0.6) is 0 Å². The highest BCUT2D eigenvalue weighted by Gasteiger charge is 2.07. The van der Waals surface area contributed by atoms with Crippen LogP contribution in [0.2, 0.25) is 0 Å². The van der Waals surface area contributed by atoms with E-state index < -0.39 is 6.10 Å². The molecular weight excluding hydrogens is 230 g/mol. The Morgan fingerprint density at radius 2 is 2.23 bits per heavy atom. The molecule has 0 spiro atoms. The molecule has 3 heteroatoms. The number of nitrogens with one attached hydrogen (secondary N) is 1. The first-order chi connectivity index (χ1) is 6.18. The Morgan fingerprint density at radius 3 is 2.92 bits per heavy atom. The molecule has 13 heavy (non-hydrogen) atoms. The fraction of sp³-hybridized carbons (Fsp3) is 0.200. The third kappa shape index (κ3) is 1.49. The topological polar surface area (TPSA) is 36.0 Å². The van der Waals surface area contributed by atoms with Crippen molar-refractivity contribution in [3.8, 4) is 0 Å². The maximum atomic E-state index is 9.47. The first kappa shape index (κ1) is 8.78. The third-order valence-corrected chi connectivity index (χ3v) is 2.62. The number of H-pyrrole nitrogens is 1. The molecule has 1 aromatic heterocycles. The van der Waals surface area contributed by atoms with Crippen LogP contribution in [-0.2, 0) is 0 Å². The second-order valence-electron chi connectivity index (χ2n) is 3.11. The number of fused-ring (bicyclic) bond motifs is 1. The van der Waals surface area contributed by atoms with E-state index in [0.717, 1.165) is 20.9 Å². The Balaban J connectivity index is 2.71. The van der Waals surface area contributed by atoms with Gasteiger partial charge in [0.1, 0.15) is 0 Å². The molecule has 2 aromatic rings. The summed E-state index contributed by atoms with van der Waals surface area (Å²) < 4.78 is 1.03. The fourth-order valence-electron chi connectivity index (χ4n) is 1.46. The zero-order chi connectivity index (χ0) is 9.42. The summed E-state index contributed by atoms with van der Waals surface area (Å²) in [6.07, 6.45) is 1.42. The molecule has 0 saturated carbocycles. The van der Waals surface area contributed by atoms with Crippen molar-refractivity contribution in [1.29, 1.82) is 0 Å². The molecule has 0 aliphatic rings. The zero-order valence-corrected chi connectivity index (χ0v) is 8.80. The largest absolute Gasteiger partial charge is 0.389 e. The van der Waals surface area contributed by atoms with Gasteiger partial charge in [-0.05, 0) is 25.1 Å². The fourth-order valence-corrected chi connectivity index (χ4v) is 1.82. The molecule has 2 N–H and O–H groups in total. The van der Waals surface area contributed by atoms with Crippen molar-refractivity contribution in [3.05, 3.63) is 34.4 Å². The molecule has 0 radical (unpaired) electrons. The average Bonchev–Trinajstić information content (AvgIpc) is 2.46. The highest BCUT2D eigenvalue weighted by atomic mass is 79.9. The minimum Gasteiger partial charge on any atom is -0.389 e. The van der Waals surface area contributed by atoms with Crippen LogP contribution in [0.3, 0.4) is 0 Å². The lowest BCUT2D eigenvalue weighted by Crippen LogP contribution is -1.87. The van der Waals surface area contributed by atoms with E-state index in [4.69, 9.17) is 0 Å². The molecule has 2 rings (SSSR count). The summed E-state index contributed by atoms with van der Waals surface area (Å²) in [6.45, 7) is 1.77. The van der Waals surface area contributed by atoms with Gasteiger partial charge in [0.05, 0.1) is 6.10 Å². The van der Waals surface area contributed by atoms with Crippen molar-refractivity contribution < 1.29 is 5.11 Å². The van der Waals surface area contributed by atoms with Gasteiger partial charge < -0.3 is 10.1 Å². The molecule has 0 fully saturated rings. The van der Waals surface area contributed by atoms with Crippen LogP contribution in [0.25, 0.3) is 10.9 Å². The van der Waals surface area contributed by atoms with Crippen LogP contribution in [-0.4, -0.2) is 10.1 Å². The van der Waals surface area contributed by atoms with Crippen LogP contribution in [0.15, 0.2) is 28.9 Å². The van der Waals surface area contributed by atoms with Crippen molar-refractivity contribution in [2.75, 3.05) is 0 Å². The van der Waals surface area contributed by atoms with Gasteiger partial charge in [-0.2, -0.15) is 0 Å². The van der Waals surface area contributed by atoms with Crippen LogP contribution in [0.1, 0.15) is 18.6 Å². The van der Waals surface area contributed by atoms with Gasteiger partial charge in [-0.25, -0.2) is 0 Å². The van der Waals surface area contributed by atoms with E-state index >= 15 is 0 Å². The number of rotatable bonds is 1. The zero-order valence-electron chi connectivity index (χ0n) is 7.21. The Kier molecular flexibility index (Phi) is 2.14. The molecule has 0 unspecified atom stereocenters. The summed E-state index contributed by atoms with van der Waals surface area (Å²) >= 11 is 3.40.